The summed E-state index contributed by atoms with van der Waals surface area (Å²) in [4.78, 5) is 0. The van der Waals surface area contributed by atoms with Crippen LogP contribution >= 0.6 is 39.1 Å². The molecule has 1 aliphatic carbocycles. The molecule has 2 aliphatic rings. The number of allylic oxidation sites excluding steroid dienone is 2. The normalized spacial score (nSPS) is 26.9. The maximum Gasteiger partial charge on any atom is 0.120 e. The van der Waals surface area contributed by atoms with Gasteiger partial charge in [0.05, 0.1) is 0 Å². The van der Waals surface area contributed by atoms with E-state index in [0.717, 1.165) is 15.6 Å². The largest absolute Gasteiger partial charge is 0.359 e. The van der Waals surface area contributed by atoms with Crippen molar-refractivity contribution in [2.24, 2.45) is 0 Å². The molecule has 0 amide bonds. The Bertz CT molecular complexity index is 522. The van der Waals surface area contributed by atoms with E-state index in [1.54, 1.807) is 6.07 Å². The van der Waals surface area contributed by atoms with E-state index in [2.05, 4.69) is 22.0 Å². The molecular formula is C12H7BrCl2O. The van der Waals surface area contributed by atoms with Crippen LogP contribution in [0.25, 0.3) is 5.57 Å². The molecule has 1 saturated heterocycles. The molecule has 1 nitrogen and oxygen atoms in total. The zero-order valence-corrected chi connectivity index (χ0v) is 11.2. The van der Waals surface area contributed by atoms with Gasteiger partial charge in [0.25, 0.3) is 0 Å². The molecular weight excluding hydrogens is 311 g/mol. The number of hydrogen-bond acceptors (Lipinski definition) is 1. The molecule has 1 heterocycles. The van der Waals surface area contributed by atoms with Crippen LogP contribution in [0.1, 0.15) is 5.56 Å². The molecule has 4 heteroatoms. The smallest absolute Gasteiger partial charge is 0.120 e. The number of fused-ring (bicyclic) bond motifs is 1. The highest BCUT2D eigenvalue weighted by molar-refractivity contribution is 9.11. The van der Waals surface area contributed by atoms with Gasteiger partial charge < -0.3 is 4.74 Å². The third kappa shape index (κ3) is 1.84. The van der Waals surface area contributed by atoms with Gasteiger partial charge in [-0.05, 0) is 35.9 Å². The van der Waals surface area contributed by atoms with E-state index in [1.165, 1.54) is 0 Å². The van der Waals surface area contributed by atoms with Crippen molar-refractivity contribution < 1.29 is 4.74 Å². The average Bonchev–Trinajstić information content (AvgIpc) is 3.01. The molecule has 0 saturated carbocycles. The summed E-state index contributed by atoms with van der Waals surface area (Å²) in [6.45, 7) is 0. The van der Waals surface area contributed by atoms with Crippen molar-refractivity contribution in [2.45, 2.75) is 12.2 Å². The predicted octanol–water partition coefficient (Wildman–Crippen LogP) is 4.44. The minimum atomic E-state index is 0.185. The second-order valence-electron chi connectivity index (χ2n) is 3.80. The molecule has 82 valence electrons. The predicted molar refractivity (Wildman–Crippen MR) is 70.1 cm³/mol. The molecule has 0 N–H and O–H groups in total. The fraction of sp³-hybridized carbons (Fsp3) is 0.167. The molecule has 1 fully saturated rings. The van der Waals surface area contributed by atoms with Crippen LogP contribution in [0.5, 0.6) is 0 Å². The molecule has 0 radical (unpaired) electrons. The van der Waals surface area contributed by atoms with Gasteiger partial charge in [0.1, 0.15) is 12.2 Å². The quantitative estimate of drug-likeness (QED) is 0.698. The maximum atomic E-state index is 6.15. The first-order chi connectivity index (χ1) is 7.65. The highest BCUT2D eigenvalue weighted by Crippen LogP contribution is 2.42. The van der Waals surface area contributed by atoms with Crippen molar-refractivity contribution in [2.75, 3.05) is 0 Å². The summed E-state index contributed by atoms with van der Waals surface area (Å²) in [5.74, 6) is 0. The third-order valence-corrected chi connectivity index (χ3v) is 3.92. The van der Waals surface area contributed by atoms with E-state index in [1.807, 2.05) is 18.2 Å². The third-order valence-electron chi connectivity index (χ3n) is 2.67. The summed E-state index contributed by atoms with van der Waals surface area (Å²) >= 11 is 15.6. The van der Waals surface area contributed by atoms with Gasteiger partial charge in [0.15, 0.2) is 0 Å². The van der Waals surface area contributed by atoms with Crippen molar-refractivity contribution in [3.8, 4) is 0 Å². The number of halogens is 3. The molecule has 3 rings (SSSR count). The van der Waals surface area contributed by atoms with Crippen LogP contribution in [0, 0.1) is 0 Å². The Balaban J connectivity index is 2.07. The minimum absolute atomic E-state index is 0.185. The van der Waals surface area contributed by atoms with Crippen LogP contribution < -0.4 is 0 Å². The first-order valence-corrected chi connectivity index (χ1v) is 6.40. The Labute approximate surface area is 112 Å². The Morgan fingerprint density at radius 1 is 1.25 bits per heavy atom. The average molecular weight is 318 g/mol. The van der Waals surface area contributed by atoms with E-state index in [4.69, 9.17) is 27.9 Å². The van der Waals surface area contributed by atoms with E-state index < -0.39 is 0 Å². The fourth-order valence-corrected chi connectivity index (χ4v) is 2.83. The summed E-state index contributed by atoms with van der Waals surface area (Å²) in [6.07, 6.45) is 4.50. The molecule has 1 aromatic rings. The molecule has 0 aromatic heterocycles. The molecule has 0 spiro atoms. The molecule has 2 atom stereocenters. The topological polar surface area (TPSA) is 12.5 Å². The van der Waals surface area contributed by atoms with E-state index in [0.29, 0.717) is 10.0 Å². The highest BCUT2D eigenvalue weighted by atomic mass is 79.9. The van der Waals surface area contributed by atoms with Crippen molar-refractivity contribution in [3.05, 3.63) is 50.4 Å². The lowest BCUT2D eigenvalue weighted by atomic mass is 10.00. The molecule has 2 unspecified atom stereocenters. The van der Waals surface area contributed by atoms with Crippen molar-refractivity contribution >= 4 is 44.7 Å². The number of benzene rings is 1. The maximum absolute atomic E-state index is 6.15. The molecule has 1 aliphatic heterocycles. The Kier molecular flexibility index (Phi) is 2.63. The molecule has 16 heavy (non-hydrogen) atoms. The fourth-order valence-electron chi connectivity index (χ4n) is 1.81. The van der Waals surface area contributed by atoms with Crippen LogP contribution in [0.3, 0.4) is 0 Å². The Morgan fingerprint density at radius 2 is 2.06 bits per heavy atom. The van der Waals surface area contributed by atoms with Crippen molar-refractivity contribution in [1.82, 2.24) is 0 Å². The lowest BCUT2D eigenvalue weighted by molar-refractivity contribution is 0.413. The summed E-state index contributed by atoms with van der Waals surface area (Å²) in [5.41, 5.74) is 2.00. The van der Waals surface area contributed by atoms with Gasteiger partial charge in [0.2, 0.25) is 0 Å². The van der Waals surface area contributed by atoms with Crippen molar-refractivity contribution in [1.29, 1.82) is 0 Å². The summed E-state index contributed by atoms with van der Waals surface area (Å²) in [6, 6.07) is 5.46. The van der Waals surface area contributed by atoms with Crippen LogP contribution in [-0.4, -0.2) is 12.2 Å². The summed E-state index contributed by atoms with van der Waals surface area (Å²) in [5, 5.41) is 1.38. The van der Waals surface area contributed by atoms with E-state index in [9.17, 15) is 0 Å². The summed E-state index contributed by atoms with van der Waals surface area (Å²) in [7, 11) is 0. The number of hydrogen-bond donors (Lipinski definition) is 0. The SMILES string of the molecule is Clc1ccc(Cl)c(C2=CC3OC3C(Br)=C2)c1. The van der Waals surface area contributed by atoms with Crippen LogP contribution in [-0.2, 0) is 4.74 Å². The van der Waals surface area contributed by atoms with E-state index in [-0.39, 0.29) is 12.2 Å². The highest BCUT2D eigenvalue weighted by Gasteiger charge is 2.42. The first kappa shape index (κ1) is 10.8. The molecule has 0 bridgehead atoms. The van der Waals surface area contributed by atoms with Gasteiger partial charge >= 0.3 is 0 Å². The standard InChI is InChI=1S/C12H7BrCl2O/c13-9-3-6(4-11-12(9)16-11)8-5-7(14)1-2-10(8)15/h1-5,11-12H. The zero-order valence-electron chi connectivity index (χ0n) is 8.08. The van der Waals surface area contributed by atoms with Gasteiger partial charge in [-0.25, -0.2) is 0 Å². The van der Waals surface area contributed by atoms with Gasteiger partial charge in [-0.3, -0.25) is 0 Å². The van der Waals surface area contributed by atoms with E-state index >= 15 is 0 Å². The first-order valence-electron chi connectivity index (χ1n) is 4.85. The number of epoxide rings is 1. The van der Waals surface area contributed by atoms with Crippen LogP contribution in [0.4, 0.5) is 0 Å². The van der Waals surface area contributed by atoms with Crippen LogP contribution in [0.15, 0.2) is 34.8 Å². The number of rotatable bonds is 1. The zero-order chi connectivity index (χ0) is 11.3. The molecule has 1 aromatic carbocycles. The lowest BCUT2D eigenvalue weighted by Crippen LogP contribution is -1.98. The second kappa shape index (κ2) is 3.88. The number of ether oxygens (including phenoxy) is 1. The lowest BCUT2D eigenvalue weighted by Gasteiger charge is -2.09. The van der Waals surface area contributed by atoms with Gasteiger partial charge in [0, 0.05) is 20.1 Å². The Morgan fingerprint density at radius 3 is 2.81 bits per heavy atom. The van der Waals surface area contributed by atoms with Gasteiger partial charge in [-0.15, -0.1) is 0 Å². The van der Waals surface area contributed by atoms with Gasteiger partial charge in [-0.2, -0.15) is 0 Å². The van der Waals surface area contributed by atoms with Gasteiger partial charge in [-0.1, -0.05) is 39.1 Å². The monoisotopic (exact) mass is 316 g/mol. The summed E-state index contributed by atoms with van der Waals surface area (Å²) < 4.78 is 6.51. The van der Waals surface area contributed by atoms with Crippen LogP contribution in [0.2, 0.25) is 10.0 Å². The Hall–Kier alpha value is -0.280. The minimum Gasteiger partial charge on any atom is -0.359 e. The second-order valence-corrected chi connectivity index (χ2v) is 5.56. The van der Waals surface area contributed by atoms with Crippen molar-refractivity contribution in [3.63, 3.8) is 0 Å².